The van der Waals surface area contributed by atoms with E-state index in [2.05, 4.69) is 20.8 Å². The Morgan fingerprint density at radius 1 is 1.17 bits per heavy atom. The second-order valence-electron chi connectivity index (χ2n) is 5.70. The summed E-state index contributed by atoms with van der Waals surface area (Å²) in [6.07, 6.45) is 4.77. The number of piperidine rings is 1. The molecule has 2 rings (SSSR count). The van der Waals surface area contributed by atoms with Crippen LogP contribution in [-0.4, -0.2) is 61.9 Å². The summed E-state index contributed by atoms with van der Waals surface area (Å²) < 4.78 is 24.8. The molecule has 0 radical (unpaired) electrons. The zero-order chi connectivity index (χ0) is 13.2. The fraction of sp³-hybridized carbons (Fsp3) is 1.00. The van der Waals surface area contributed by atoms with Crippen molar-refractivity contribution in [2.45, 2.75) is 19.3 Å². The van der Waals surface area contributed by atoms with E-state index in [0.29, 0.717) is 19.0 Å². The van der Waals surface area contributed by atoms with Crippen LogP contribution in [0.25, 0.3) is 0 Å². The van der Waals surface area contributed by atoms with Crippen LogP contribution in [0.5, 0.6) is 0 Å². The first-order chi connectivity index (χ1) is 8.49. The zero-order valence-electron chi connectivity index (χ0n) is 11.0. The van der Waals surface area contributed by atoms with E-state index in [1.54, 1.807) is 4.31 Å². The molecule has 0 aromatic carbocycles. The van der Waals surface area contributed by atoms with Gasteiger partial charge in [-0.1, -0.05) is 15.9 Å². The van der Waals surface area contributed by atoms with Gasteiger partial charge in [0.05, 0.1) is 6.26 Å². The maximum atomic E-state index is 11.6. The summed E-state index contributed by atoms with van der Waals surface area (Å²) in [5.74, 6) is 1.29. The lowest BCUT2D eigenvalue weighted by molar-refractivity contribution is 0.198. The van der Waals surface area contributed by atoms with Crippen molar-refractivity contribution >= 4 is 26.0 Å². The Bertz CT molecular complexity index is 374. The Morgan fingerprint density at radius 2 is 1.94 bits per heavy atom. The van der Waals surface area contributed by atoms with Gasteiger partial charge in [0.1, 0.15) is 0 Å². The van der Waals surface area contributed by atoms with Crippen molar-refractivity contribution in [3.8, 4) is 0 Å². The summed E-state index contributed by atoms with van der Waals surface area (Å²) in [4.78, 5) is 2.50. The molecule has 0 aromatic rings. The van der Waals surface area contributed by atoms with Crippen molar-refractivity contribution in [2.75, 3.05) is 44.3 Å². The molecule has 0 N–H and O–H groups in total. The molecule has 2 aliphatic heterocycles. The number of hydrogen-bond donors (Lipinski definition) is 0. The smallest absolute Gasteiger partial charge is 0.211 e. The van der Waals surface area contributed by atoms with Gasteiger partial charge in [0, 0.05) is 31.5 Å². The van der Waals surface area contributed by atoms with Crippen LogP contribution in [0.4, 0.5) is 0 Å². The maximum absolute atomic E-state index is 11.6. The van der Waals surface area contributed by atoms with Gasteiger partial charge in [-0.2, -0.15) is 0 Å². The fourth-order valence-corrected chi connectivity index (χ4v) is 4.52. The average molecular weight is 339 g/mol. The quantitative estimate of drug-likeness (QED) is 0.727. The lowest BCUT2D eigenvalue weighted by Gasteiger charge is -2.33. The van der Waals surface area contributed by atoms with E-state index < -0.39 is 10.0 Å². The predicted octanol–water partition coefficient (Wildman–Crippen LogP) is 1.37. The van der Waals surface area contributed by atoms with E-state index in [1.807, 2.05) is 0 Å². The molecule has 0 saturated carbocycles. The van der Waals surface area contributed by atoms with Gasteiger partial charge in [-0.25, -0.2) is 12.7 Å². The lowest BCUT2D eigenvalue weighted by atomic mass is 9.99. The van der Waals surface area contributed by atoms with Crippen molar-refractivity contribution in [3.05, 3.63) is 0 Å². The number of nitrogens with zero attached hydrogens (tertiary/aromatic N) is 2. The monoisotopic (exact) mass is 338 g/mol. The second kappa shape index (κ2) is 6.20. The number of halogens is 1. The van der Waals surface area contributed by atoms with Crippen LogP contribution in [0.1, 0.15) is 19.3 Å². The van der Waals surface area contributed by atoms with Crippen LogP contribution >= 0.6 is 15.9 Å². The Hall–Kier alpha value is 0.350. The SMILES string of the molecule is CS(=O)(=O)N1CCCC(CN2CCC(CBr)C2)C1. The van der Waals surface area contributed by atoms with Crippen molar-refractivity contribution < 1.29 is 8.42 Å². The topological polar surface area (TPSA) is 40.6 Å². The molecular formula is C12H23BrN2O2S. The van der Waals surface area contributed by atoms with E-state index in [-0.39, 0.29) is 0 Å². The van der Waals surface area contributed by atoms with Gasteiger partial charge in [-0.15, -0.1) is 0 Å². The molecule has 0 aliphatic carbocycles. The fourth-order valence-electron chi connectivity index (χ4n) is 3.05. The van der Waals surface area contributed by atoms with E-state index in [9.17, 15) is 8.42 Å². The molecular weight excluding hydrogens is 316 g/mol. The van der Waals surface area contributed by atoms with Gasteiger partial charge < -0.3 is 4.90 Å². The number of likely N-dealkylation sites (tertiary alicyclic amines) is 1. The number of sulfonamides is 1. The number of alkyl halides is 1. The van der Waals surface area contributed by atoms with Crippen LogP contribution in [0, 0.1) is 11.8 Å². The highest BCUT2D eigenvalue weighted by Crippen LogP contribution is 2.23. The van der Waals surface area contributed by atoms with Crippen molar-refractivity contribution in [1.29, 1.82) is 0 Å². The maximum Gasteiger partial charge on any atom is 0.211 e. The Labute approximate surface area is 119 Å². The third-order valence-electron chi connectivity index (χ3n) is 4.06. The molecule has 0 amide bonds. The Morgan fingerprint density at radius 3 is 2.56 bits per heavy atom. The molecule has 0 spiro atoms. The minimum atomic E-state index is -3.00. The Balaban J connectivity index is 1.83. The van der Waals surface area contributed by atoms with Gasteiger partial charge in [0.2, 0.25) is 10.0 Å². The molecule has 2 aliphatic rings. The van der Waals surface area contributed by atoms with Crippen LogP contribution in [-0.2, 0) is 10.0 Å². The van der Waals surface area contributed by atoms with E-state index >= 15 is 0 Å². The van der Waals surface area contributed by atoms with Gasteiger partial charge in [0.25, 0.3) is 0 Å². The van der Waals surface area contributed by atoms with Gasteiger partial charge in [-0.05, 0) is 37.6 Å². The second-order valence-corrected chi connectivity index (χ2v) is 8.33. The average Bonchev–Trinajstić information content (AvgIpc) is 2.76. The highest BCUT2D eigenvalue weighted by molar-refractivity contribution is 9.09. The molecule has 0 bridgehead atoms. The summed E-state index contributed by atoms with van der Waals surface area (Å²) in [6.45, 7) is 4.83. The van der Waals surface area contributed by atoms with Gasteiger partial charge >= 0.3 is 0 Å². The molecule has 18 heavy (non-hydrogen) atoms. The zero-order valence-corrected chi connectivity index (χ0v) is 13.4. The summed E-state index contributed by atoms with van der Waals surface area (Å²) in [7, 11) is -3.00. The van der Waals surface area contributed by atoms with Gasteiger partial charge in [0.15, 0.2) is 0 Å². The third kappa shape index (κ3) is 3.92. The lowest BCUT2D eigenvalue weighted by Crippen LogP contribution is -2.43. The van der Waals surface area contributed by atoms with Crippen molar-refractivity contribution in [2.24, 2.45) is 11.8 Å². The summed E-state index contributed by atoms with van der Waals surface area (Å²) in [5.41, 5.74) is 0. The molecule has 2 unspecified atom stereocenters. The molecule has 0 aromatic heterocycles. The molecule has 2 heterocycles. The number of hydrogen-bond acceptors (Lipinski definition) is 3. The number of rotatable bonds is 4. The first kappa shape index (κ1) is 14.8. The molecule has 6 heteroatoms. The molecule has 2 atom stereocenters. The molecule has 2 fully saturated rings. The van der Waals surface area contributed by atoms with Crippen molar-refractivity contribution in [1.82, 2.24) is 9.21 Å². The third-order valence-corrected chi connectivity index (χ3v) is 6.24. The molecule has 4 nitrogen and oxygen atoms in total. The van der Waals surface area contributed by atoms with Crippen LogP contribution in [0.2, 0.25) is 0 Å². The Kier molecular flexibility index (Phi) is 5.08. The normalized spacial score (nSPS) is 31.9. The molecule has 2 saturated heterocycles. The van der Waals surface area contributed by atoms with E-state index in [1.165, 1.54) is 32.2 Å². The summed E-state index contributed by atoms with van der Waals surface area (Å²) in [5, 5.41) is 1.09. The van der Waals surface area contributed by atoms with E-state index in [0.717, 1.165) is 24.2 Å². The summed E-state index contributed by atoms with van der Waals surface area (Å²) in [6, 6.07) is 0. The largest absolute Gasteiger partial charge is 0.303 e. The van der Waals surface area contributed by atoms with Crippen LogP contribution in [0.3, 0.4) is 0 Å². The highest BCUT2D eigenvalue weighted by Gasteiger charge is 2.29. The highest BCUT2D eigenvalue weighted by atomic mass is 79.9. The van der Waals surface area contributed by atoms with E-state index in [4.69, 9.17) is 0 Å². The van der Waals surface area contributed by atoms with Crippen LogP contribution in [0.15, 0.2) is 0 Å². The minimum absolute atomic E-state index is 0.516. The first-order valence-electron chi connectivity index (χ1n) is 6.72. The first-order valence-corrected chi connectivity index (χ1v) is 9.69. The van der Waals surface area contributed by atoms with Gasteiger partial charge in [-0.3, -0.25) is 0 Å². The molecule has 106 valence electrons. The minimum Gasteiger partial charge on any atom is -0.303 e. The van der Waals surface area contributed by atoms with Crippen LogP contribution < -0.4 is 0 Å². The summed E-state index contributed by atoms with van der Waals surface area (Å²) >= 11 is 3.55. The predicted molar refractivity (Wildman–Crippen MR) is 77.5 cm³/mol. The standard InChI is InChI=1S/C12H23BrN2O2S/c1-18(16,17)15-5-2-3-12(10-15)9-14-6-4-11(7-13)8-14/h11-12H,2-10H2,1H3. The van der Waals surface area contributed by atoms with Crippen molar-refractivity contribution in [3.63, 3.8) is 0 Å².